The van der Waals surface area contributed by atoms with Crippen LogP contribution in [-0.2, 0) is 14.4 Å². The van der Waals surface area contributed by atoms with Gasteiger partial charge in [-0.05, 0) is 60.3 Å². The number of hydrogen-bond acceptors (Lipinski definition) is 5. The van der Waals surface area contributed by atoms with Crippen LogP contribution in [0.15, 0.2) is 48.0 Å². The fraction of sp³-hybridized carbons (Fsp3) is 0.143. The molecule has 0 saturated carbocycles. The summed E-state index contributed by atoms with van der Waals surface area (Å²) in [6.07, 6.45) is 1.41. The molecule has 0 aromatic heterocycles. The largest absolute Gasteiger partial charge is 0.482 e. The number of likely N-dealkylation sites (N-methyl/N-ethyl adjacent to an activating group) is 2. The molecular formula is C21H17ClFN3O4S. The summed E-state index contributed by atoms with van der Waals surface area (Å²) >= 11 is 11.3. The molecule has 31 heavy (non-hydrogen) atoms. The molecule has 1 aliphatic rings. The van der Waals surface area contributed by atoms with Crippen LogP contribution in [0.25, 0.3) is 6.08 Å². The molecule has 7 nitrogen and oxygen atoms in total. The molecule has 1 aliphatic heterocycles. The van der Waals surface area contributed by atoms with Gasteiger partial charge in [-0.15, -0.1) is 0 Å². The van der Waals surface area contributed by atoms with Crippen molar-refractivity contribution in [1.29, 1.82) is 0 Å². The van der Waals surface area contributed by atoms with Crippen LogP contribution in [0.1, 0.15) is 5.56 Å². The van der Waals surface area contributed by atoms with Crippen molar-refractivity contribution in [3.8, 4) is 5.75 Å². The first-order valence-electron chi connectivity index (χ1n) is 8.97. The monoisotopic (exact) mass is 461 g/mol. The van der Waals surface area contributed by atoms with Gasteiger partial charge in [0.1, 0.15) is 17.1 Å². The van der Waals surface area contributed by atoms with E-state index < -0.39 is 23.5 Å². The van der Waals surface area contributed by atoms with Crippen LogP contribution in [0, 0.1) is 5.82 Å². The Kier molecular flexibility index (Phi) is 6.67. The van der Waals surface area contributed by atoms with Crippen molar-refractivity contribution in [2.45, 2.75) is 0 Å². The number of anilines is 1. The first-order valence-corrected chi connectivity index (χ1v) is 9.75. The lowest BCUT2D eigenvalue weighted by Crippen LogP contribution is -2.52. The predicted molar refractivity (Wildman–Crippen MR) is 118 cm³/mol. The van der Waals surface area contributed by atoms with E-state index in [-0.39, 0.29) is 28.1 Å². The maximum Gasteiger partial charge on any atom is 0.265 e. The highest BCUT2D eigenvalue weighted by molar-refractivity contribution is 7.80. The minimum atomic E-state index is -0.512. The number of hydrogen-bond donors (Lipinski definition) is 1. The second kappa shape index (κ2) is 9.23. The van der Waals surface area contributed by atoms with E-state index in [1.165, 1.54) is 66.4 Å². The number of amides is 3. The molecule has 160 valence electrons. The van der Waals surface area contributed by atoms with E-state index in [0.29, 0.717) is 11.3 Å². The average molecular weight is 462 g/mol. The Morgan fingerprint density at radius 3 is 2.32 bits per heavy atom. The maximum absolute atomic E-state index is 12.9. The smallest absolute Gasteiger partial charge is 0.265 e. The van der Waals surface area contributed by atoms with Crippen LogP contribution in [0.4, 0.5) is 10.1 Å². The first-order chi connectivity index (χ1) is 14.7. The van der Waals surface area contributed by atoms with Crippen molar-refractivity contribution in [3.05, 3.63) is 64.4 Å². The molecular weight excluding hydrogens is 445 g/mol. The van der Waals surface area contributed by atoms with E-state index in [4.69, 9.17) is 28.6 Å². The number of rotatable bonds is 5. The van der Waals surface area contributed by atoms with Crippen molar-refractivity contribution >= 4 is 58.4 Å². The highest BCUT2D eigenvalue weighted by Gasteiger charge is 2.35. The lowest BCUT2D eigenvalue weighted by Gasteiger charge is -2.31. The van der Waals surface area contributed by atoms with Crippen molar-refractivity contribution < 1.29 is 23.5 Å². The van der Waals surface area contributed by atoms with Gasteiger partial charge < -0.3 is 10.1 Å². The number of nitrogens with one attached hydrogen (secondary N) is 1. The lowest BCUT2D eigenvalue weighted by molar-refractivity contribution is -0.132. The van der Waals surface area contributed by atoms with Crippen molar-refractivity contribution in [2.75, 3.05) is 26.0 Å². The SMILES string of the molecule is CN1C(=O)C(=Cc2ccc(OCC(=O)Nc3ccc(F)cc3)c(Cl)c2)C(=O)N(C)C1=S. The Morgan fingerprint density at radius 1 is 1.13 bits per heavy atom. The van der Waals surface area contributed by atoms with E-state index in [1.807, 2.05) is 0 Å². The fourth-order valence-electron chi connectivity index (χ4n) is 2.74. The molecule has 0 aliphatic carbocycles. The zero-order valence-corrected chi connectivity index (χ0v) is 18.1. The minimum absolute atomic E-state index is 0.0537. The Morgan fingerprint density at radius 2 is 1.74 bits per heavy atom. The molecule has 1 saturated heterocycles. The molecule has 0 spiro atoms. The summed E-state index contributed by atoms with van der Waals surface area (Å²) < 4.78 is 18.3. The van der Waals surface area contributed by atoms with Crippen LogP contribution in [0.5, 0.6) is 5.75 Å². The fourth-order valence-corrected chi connectivity index (χ4v) is 3.15. The molecule has 0 radical (unpaired) electrons. The summed E-state index contributed by atoms with van der Waals surface area (Å²) in [4.78, 5) is 39.2. The first kappa shape index (κ1) is 22.4. The van der Waals surface area contributed by atoms with Crippen molar-refractivity contribution in [2.24, 2.45) is 0 Å². The summed E-state index contributed by atoms with van der Waals surface area (Å²) in [5, 5.41) is 2.88. The molecule has 1 N–H and O–H groups in total. The summed E-state index contributed by atoms with van der Waals surface area (Å²) in [6, 6.07) is 9.94. The molecule has 2 aromatic rings. The van der Waals surface area contributed by atoms with Gasteiger partial charge in [-0.3, -0.25) is 24.2 Å². The quantitative estimate of drug-likeness (QED) is 0.420. The summed E-state index contributed by atoms with van der Waals surface area (Å²) in [7, 11) is 2.98. The summed E-state index contributed by atoms with van der Waals surface area (Å²) in [5.74, 6) is -1.64. The van der Waals surface area contributed by atoms with Gasteiger partial charge in [-0.1, -0.05) is 17.7 Å². The third-order valence-corrected chi connectivity index (χ3v) is 5.24. The Bertz CT molecular complexity index is 1080. The van der Waals surface area contributed by atoms with Gasteiger partial charge in [0.05, 0.1) is 5.02 Å². The molecule has 1 heterocycles. The highest BCUT2D eigenvalue weighted by Crippen LogP contribution is 2.27. The topological polar surface area (TPSA) is 79.0 Å². The van der Waals surface area contributed by atoms with Crippen molar-refractivity contribution in [3.63, 3.8) is 0 Å². The predicted octanol–water partition coefficient (Wildman–Crippen LogP) is 3.10. The Hall–Kier alpha value is -3.30. The molecule has 1 fully saturated rings. The zero-order chi connectivity index (χ0) is 22.7. The number of benzene rings is 2. The average Bonchev–Trinajstić information content (AvgIpc) is 2.75. The standard InChI is InChI=1S/C21H17ClFN3O4S/c1-25-19(28)15(20(29)26(2)21(25)31)9-12-3-8-17(16(22)10-12)30-11-18(27)24-14-6-4-13(23)5-7-14/h3-10H,11H2,1-2H3,(H,24,27). The zero-order valence-electron chi connectivity index (χ0n) is 16.5. The van der Waals surface area contributed by atoms with E-state index in [2.05, 4.69) is 5.32 Å². The van der Waals surface area contributed by atoms with Crippen LogP contribution in [0.2, 0.25) is 5.02 Å². The number of nitrogens with zero attached hydrogens (tertiary/aromatic N) is 2. The summed E-state index contributed by atoms with van der Waals surface area (Å²) in [5.41, 5.74) is 0.876. The Balaban J connectivity index is 1.68. The molecule has 10 heteroatoms. The van der Waals surface area contributed by atoms with Gasteiger partial charge in [0.15, 0.2) is 11.7 Å². The van der Waals surface area contributed by atoms with E-state index in [1.54, 1.807) is 6.07 Å². The Labute approximate surface area is 188 Å². The third kappa shape index (κ3) is 5.07. The minimum Gasteiger partial charge on any atom is -0.482 e. The van der Waals surface area contributed by atoms with E-state index >= 15 is 0 Å². The normalized spacial score (nSPS) is 14.1. The van der Waals surface area contributed by atoms with Gasteiger partial charge in [0, 0.05) is 19.8 Å². The molecule has 0 bridgehead atoms. The van der Waals surface area contributed by atoms with Crippen LogP contribution >= 0.6 is 23.8 Å². The number of ether oxygens (including phenoxy) is 1. The van der Waals surface area contributed by atoms with Crippen LogP contribution in [0.3, 0.4) is 0 Å². The third-order valence-electron chi connectivity index (χ3n) is 4.40. The van der Waals surface area contributed by atoms with Gasteiger partial charge in [0.25, 0.3) is 17.7 Å². The van der Waals surface area contributed by atoms with Gasteiger partial charge >= 0.3 is 0 Å². The van der Waals surface area contributed by atoms with Crippen LogP contribution < -0.4 is 10.1 Å². The number of thiocarbonyl (C=S) groups is 1. The van der Waals surface area contributed by atoms with Gasteiger partial charge in [0.2, 0.25) is 0 Å². The second-order valence-corrected chi connectivity index (χ2v) is 7.37. The summed E-state index contributed by atoms with van der Waals surface area (Å²) in [6.45, 7) is -0.318. The second-order valence-electron chi connectivity index (χ2n) is 6.60. The highest BCUT2D eigenvalue weighted by atomic mass is 35.5. The molecule has 0 unspecified atom stereocenters. The van der Waals surface area contributed by atoms with E-state index in [9.17, 15) is 18.8 Å². The van der Waals surface area contributed by atoms with E-state index in [0.717, 1.165) is 0 Å². The lowest BCUT2D eigenvalue weighted by atomic mass is 10.1. The van der Waals surface area contributed by atoms with Gasteiger partial charge in [-0.25, -0.2) is 4.39 Å². The number of carbonyl (C=O) groups excluding carboxylic acids is 3. The molecule has 3 rings (SSSR count). The van der Waals surface area contributed by atoms with Crippen molar-refractivity contribution in [1.82, 2.24) is 9.80 Å². The van der Waals surface area contributed by atoms with Gasteiger partial charge in [-0.2, -0.15) is 0 Å². The van der Waals surface area contributed by atoms with Crippen LogP contribution in [-0.4, -0.2) is 53.3 Å². The molecule has 3 amide bonds. The molecule has 0 atom stereocenters. The number of halogens is 2. The molecule has 2 aromatic carbocycles. The maximum atomic E-state index is 12.9. The number of carbonyl (C=O) groups is 3.